The molecule has 0 aliphatic carbocycles. The number of hydrogen-bond donors (Lipinski definition) is 1. The number of amides is 2. The van der Waals surface area contributed by atoms with Gasteiger partial charge in [0.05, 0.1) is 12.5 Å². The molecule has 2 amide bonds. The third-order valence-electron chi connectivity index (χ3n) is 3.80. The zero-order valence-corrected chi connectivity index (χ0v) is 12.9. The molecule has 2 heterocycles. The maximum absolute atomic E-state index is 11.9. The predicted octanol–water partition coefficient (Wildman–Crippen LogP) is 3.37. The van der Waals surface area contributed by atoms with E-state index in [0.717, 1.165) is 29.8 Å². The number of rotatable bonds is 4. The summed E-state index contributed by atoms with van der Waals surface area (Å²) in [5, 5.41) is 2.81. The summed E-state index contributed by atoms with van der Waals surface area (Å²) in [6, 6.07) is 7.35. The minimum Gasteiger partial charge on any atom is -0.472 e. The molecule has 1 fully saturated rings. The molecule has 5 heteroatoms. The van der Waals surface area contributed by atoms with Crippen molar-refractivity contribution in [2.24, 2.45) is 0 Å². The predicted molar refractivity (Wildman–Crippen MR) is 89.1 cm³/mol. The lowest BCUT2D eigenvalue weighted by atomic mass is 10.1. The van der Waals surface area contributed by atoms with E-state index in [1.807, 2.05) is 25.1 Å². The van der Waals surface area contributed by atoms with Crippen LogP contribution in [0.1, 0.15) is 24.0 Å². The minimum absolute atomic E-state index is 0.160. The van der Waals surface area contributed by atoms with Crippen molar-refractivity contribution in [3.05, 3.63) is 54.0 Å². The summed E-state index contributed by atoms with van der Waals surface area (Å²) in [5.41, 5.74) is 3.43. The van der Waals surface area contributed by atoms with Gasteiger partial charge in [0.25, 0.3) is 0 Å². The van der Waals surface area contributed by atoms with Crippen molar-refractivity contribution in [2.45, 2.75) is 19.8 Å². The fraction of sp³-hybridized carbons (Fsp3) is 0.222. The van der Waals surface area contributed by atoms with Crippen LogP contribution in [0.15, 0.2) is 47.3 Å². The van der Waals surface area contributed by atoms with Crippen LogP contribution < -0.4 is 10.2 Å². The molecule has 1 N–H and O–H groups in total. The van der Waals surface area contributed by atoms with Crippen molar-refractivity contribution >= 4 is 29.3 Å². The van der Waals surface area contributed by atoms with Gasteiger partial charge in [-0.15, -0.1) is 0 Å². The average molecular weight is 310 g/mol. The zero-order chi connectivity index (χ0) is 16.2. The Morgan fingerprint density at radius 2 is 2.22 bits per heavy atom. The van der Waals surface area contributed by atoms with E-state index >= 15 is 0 Å². The van der Waals surface area contributed by atoms with Gasteiger partial charge in [-0.2, -0.15) is 0 Å². The van der Waals surface area contributed by atoms with Crippen LogP contribution in [0.4, 0.5) is 11.4 Å². The second-order valence-corrected chi connectivity index (χ2v) is 5.53. The molecular weight excluding hydrogens is 292 g/mol. The smallest absolute Gasteiger partial charge is 0.248 e. The van der Waals surface area contributed by atoms with E-state index in [9.17, 15) is 9.59 Å². The van der Waals surface area contributed by atoms with Gasteiger partial charge in [0.1, 0.15) is 0 Å². The topological polar surface area (TPSA) is 62.6 Å². The summed E-state index contributed by atoms with van der Waals surface area (Å²) in [5.74, 6) is -0.0523. The Hall–Kier alpha value is -2.82. The highest BCUT2D eigenvalue weighted by molar-refractivity contribution is 6.02. The standard InChI is InChI=1S/C18H18N2O3/c1-13-11-15(5-6-16(13)20-9-2-3-18(20)22)19-17(21)7-4-14-8-10-23-12-14/h4-8,10-12H,2-3,9H2,1H3,(H,19,21). The van der Waals surface area contributed by atoms with E-state index in [2.05, 4.69) is 5.32 Å². The fourth-order valence-electron chi connectivity index (χ4n) is 2.66. The Bertz CT molecular complexity index is 748. The van der Waals surface area contributed by atoms with E-state index < -0.39 is 0 Å². The van der Waals surface area contributed by atoms with Gasteiger partial charge >= 0.3 is 0 Å². The molecule has 0 atom stereocenters. The molecule has 2 aromatic rings. The first-order chi connectivity index (χ1) is 11.1. The van der Waals surface area contributed by atoms with Crippen molar-refractivity contribution in [3.8, 4) is 0 Å². The molecule has 5 nitrogen and oxygen atoms in total. The number of carbonyl (C=O) groups is 2. The molecule has 3 rings (SSSR count). The van der Waals surface area contributed by atoms with E-state index in [-0.39, 0.29) is 11.8 Å². The lowest BCUT2D eigenvalue weighted by Gasteiger charge is -2.19. The lowest BCUT2D eigenvalue weighted by molar-refractivity contribution is -0.117. The number of furan rings is 1. The molecule has 23 heavy (non-hydrogen) atoms. The van der Waals surface area contributed by atoms with Crippen LogP contribution >= 0.6 is 0 Å². The van der Waals surface area contributed by atoms with Crippen molar-refractivity contribution in [2.75, 3.05) is 16.8 Å². The Morgan fingerprint density at radius 3 is 2.87 bits per heavy atom. The second kappa shape index (κ2) is 6.52. The van der Waals surface area contributed by atoms with Gasteiger partial charge < -0.3 is 14.6 Å². The number of nitrogens with one attached hydrogen (secondary N) is 1. The summed E-state index contributed by atoms with van der Waals surface area (Å²) < 4.78 is 4.94. The normalized spacial score (nSPS) is 14.7. The van der Waals surface area contributed by atoms with Crippen LogP contribution in [-0.4, -0.2) is 18.4 Å². The Morgan fingerprint density at radius 1 is 1.35 bits per heavy atom. The van der Waals surface area contributed by atoms with Crippen LogP contribution in [0.5, 0.6) is 0 Å². The van der Waals surface area contributed by atoms with Crippen LogP contribution in [0.3, 0.4) is 0 Å². The number of aryl methyl sites for hydroxylation is 1. The van der Waals surface area contributed by atoms with Gasteiger partial charge in [-0.3, -0.25) is 9.59 Å². The first kappa shape index (κ1) is 15.1. The maximum atomic E-state index is 11.9. The molecule has 1 saturated heterocycles. The van der Waals surface area contributed by atoms with Gasteiger partial charge in [0.15, 0.2) is 0 Å². The highest BCUT2D eigenvalue weighted by atomic mass is 16.3. The highest BCUT2D eigenvalue weighted by Gasteiger charge is 2.22. The van der Waals surface area contributed by atoms with Crippen molar-refractivity contribution in [1.82, 2.24) is 0 Å². The van der Waals surface area contributed by atoms with E-state index in [1.54, 1.807) is 29.6 Å². The molecule has 0 unspecified atom stereocenters. The van der Waals surface area contributed by atoms with Crippen molar-refractivity contribution in [3.63, 3.8) is 0 Å². The van der Waals surface area contributed by atoms with Crippen LogP contribution in [0.2, 0.25) is 0 Å². The molecule has 0 spiro atoms. The monoisotopic (exact) mass is 310 g/mol. The second-order valence-electron chi connectivity index (χ2n) is 5.53. The van der Waals surface area contributed by atoms with Gasteiger partial charge in [0.2, 0.25) is 11.8 Å². The number of carbonyl (C=O) groups excluding carboxylic acids is 2. The Labute approximate surface area is 134 Å². The molecule has 118 valence electrons. The van der Waals surface area contributed by atoms with Gasteiger partial charge in [-0.1, -0.05) is 0 Å². The van der Waals surface area contributed by atoms with Crippen molar-refractivity contribution < 1.29 is 14.0 Å². The third-order valence-corrected chi connectivity index (χ3v) is 3.80. The molecule has 1 aromatic heterocycles. The van der Waals surface area contributed by atoms with Crippen LogP contribution in [-0.2, 0) is 9.59 Å². The third kappa shape index (κ3) is 3.51. The molecular formula is C18H18N2O3. The number of nitrogens with zero attached hydrogens (tertiary/aromatic N) is 1. The summed E-state index contributed by atoms with van der Waals surface area (Å²) in [7, 11) is 0. The molecule has 0 saturated carbocycles. The Kier molecular flexibility index (Phi) is 4.28. The van der Waals surface area contributed by atoms with Gasteiger partial charge in [0, 0.05) is 36.0 Å². The summed E-state index contributed by atoms with van der Waals surface area (Å²) in [6.45, 7) is 2.71. The maximum Gasteiger partial charge on any atom is 0.248 e. The summed E-state index contributed by atoms with van der Waals surface area (Å²) in [6.07, 6.45) is 7.77. The number of hydrogen-bond acceptors (Lipinski definition) is 3. The largest absolute Gasteiger partial charge is 0.472 e. The first-order valence-electron chi connectivity index (χ1n) is 7.56. The van der Waals surface area contributed by atoms with Crippen LogP contribution in [0.25, 0.3) is 6.08 Å². The zero-order valence-electron chi connectivity index (χ0n) is 12.9. The summed E-state index contributed by atoms with van der Waals surface area (Å²) in [4.78, 5) is 25.6. The quantitative estimate of drug-likeness (QED) is 0.881. The fourth-order valence-corrected chi connectivity index (χ4v) is 2.66. The molecule has 0 radical (unpaired) electrons. The summed E-state index contributed by atoms with van der Waals surface area (Å²) >= 11 is 0. The van der Waals surface area contributed by atoms with Crippen LogP contribution in [0, 0.1) is 6.92 Å². The Balaban J connectivity index is 1.68. The average Bonchev–Trinajstić information content (AvgIpc) is 3.17. The molecule has 0 bridgehead atoms. The minimum atomic E-state index is -0.212. The molecule has 1 aliphatic rings. The highest BCUT2D eigenvalue weighted by Crippen LogP contribution is 2.27. The number of benzene rings is 1. The number of anilines is 2. The van der Waals surface area contributed by atoms with E-state index in [0.29, 0.717) is 12.1 Å². The van der Waals surface area contributed by atoms with Gasteiger partial charge in [-0.25, -0.2) is 0 Å². The molecule has 1 aliphatic heterocycles. The SMILES string of the molecule is Cc1cc(NC(=O)C=Cc2ccoc2)ccc1N1CCCC1=O. The molecule has 1 aromatic carbocycles. The van der Waals surface area contributed by atoms with Crippen molar-refractivity contribution in [1.29, 1.82) is 0 Å². The van der Waals surface area contributed by atoms with E-state index in [4.69, 9.17) is 4.42 Å². The lowest BCUT2D eigenvalue weighted by Crippen LogP contribution is -2.24. The van der Waals surface area contributed by atoms with Gasteiger partial charge in [-0.05, 0) is 49.2 Å². The first-order valence-corrected chi connectivity index (χ1v) is 7.56. The van der Waals surface area contributed by atoms with E-state index in [1.165, 1.54) is 6.08 Å².